The summed E-state index contributed by atoms with van der Waals surface area (Å²) in [7, 11) is 0. The molecule has 7 heteroatoms. The zero-order valence-electron chi connectivity index (χ0n) is 14.3. The van der Waals surface area contributed by atoms with E-state index in [1.807, 2.05) is 0 Å². The van der Waals surface area contributed by atoms with Crippen molar-refractivity contribution < 1.29 is 28.2 Å². The van der Waals surface area contributed by atoms with Gasteiger partial charge in [0.25, 0.3) is 5.91 Å². The molecule has 1 amide bonds. The lowest BCUT2D eigenvalue weighted by atomic mass is 9.99. The van der Waals surface area contributed by atoms with Crippen LogP contribution in [0, 0.1) is 5.82 Å². The average molecular weight is 361 g/mol. The molecule has 2 unspecified atom stereocenters. The van der Waals surface area contributed by atoms with E-state index in [9.17, 15) is 19.1 Å². The van der Waals surface area contributed by atoms with Gasteiger partial charge in [-0.15, -0.1) is 0 Å². The third-order valence-electron chi connectivity index (χ3n) is 4.44. The maximum Gasteiger partial charge on any atom is 0.339 e. The number of carbonyl (C=O) groups excluding carboxylic acids is 1. The fraction of sp³-hybridized carbons (Fsp3) is 0.368. The van der Waals surface area contributed by atoms with Crippen molar-refractivity contribution >= 4 is 11.9 Å². The van der Waals surface area contributed by atoms with E-state index in [1.165, 1.54) is 18.2 Å². The highest BCUT2D eigenvalue weighted by molar-refractivity contribution is 5.96. The number of furan rings is 1. The largest absolute Gasteiger partial charge is 0.478 e. The number of aryl methyl sites for hydroxylation is 1. The van der Waals surface area contributed by atoms with E-state index in [-0.39, 0.29) is 29.0 Å². The second-order valence-corrected chi connectivity index (χ2v) is 6.16. The minimum Gasteiger partial charge on any atom is -0.478 e. The van der Waals surface area contributed by atoms with Crippen LogP contribution in [0.2, 0.25) is 0 Å². The smallest absolute Gasteiger partial charge is 0.339 e. The van der Waals surface area contributed by atoms with E-state index in [2.05, 4.69) is 5.32 Å². The minimum atomic E-state index is -1.14. The molecular weight excluding hydrogens is 341 g/mol. The summed E-state index contributed by atoms with van der Waals surface area (Å²) in [5.74, 6) is -1.85. The molecule has 3 rings (SSSR count). The number of carboxylic acids is 1. The number of ether oxygens (including phenoxy) is 1. The first kappa shape index (κ1) is 18.1. The van der Waals surface area contributed by atoms with E-state index < -0.39 is 17.9 Å². The van der Waals surface area contributed by atoms with Gasteiger partial charge in [0.05, 0.1) is 12.1 Å². The predicted octanol–water partition coefficient (Wildman–Crippen LogP) is 3.33. The van der Waals surface area contributed by atoms with Crippen LogP contribution in [0.1, 0.15) is 58.0 Å². The second kappa shape index (κ2) is 7.70. The topological polar surface area (TPSA) is 88.8 Å². The first-order chi connectivity index (χ1) is 12.5. The van der Waals surface area contributed by atoms with Gasteiger partial charge in [-0.25, -0.2) is 9.18 Å². The molecule has 2 heterocycles. The number of aromatic carboxylic acids is 1. The normalized spacial score (nSPS) is 17.8. The fourth-order valence-electron chi connectivity index (χ4n) is 3.12. The Morgan fingerprint density at radius 3 is 2.62 bits per heavy atom. The Hall–Kier alpha value is -2.67. The van der Waals surface area contributed by atoms with Crippen LogP contribution < -0.4 is 5.32 Å². The van der Waals surface area contributed by atoms with Crippen molar-refractivity contribution in [3.63, 3.8) is 0 Å². The van der Waals surface area contributed by atoms with Crippen LogP contribution >= 0.6 is 0 Å². The standard InChI is InChI=1S/C19H20FNO5/c1-2-14-13(19(23)24)10-16(26-14)18(22)21-17(15-4-3-9-25-15)11-5-7-12(20)8-6-11/h5-8,10,15,17H,2-4,9H2,1H3,(H,21,22)(H,23,24). The van der Waals surface area contributed by atoms with Crippen molar-refractivity contribution in [1.29, 1.82) is 0 Å². The quantitative estimate of drug-likeness (QED) is 0.824. The molecule has 2 atom stereocenters. The van der Waals surface area contributed by atoms with Crippen LogP contribution in [0.4, 0.5) is 4.39 Å². The van der Waals surface area contributed by atoms with Crippen molar-refractivity contribution in [2.24, 2.45) is 0 Å². The van der Waals surface area contributed by atoms with Gasteiger partial charge >= 0.3 is 5.97 Å². The van der Waals surface area contributed by atoms with E-state index >= 15 is 0 Å². The molecule has 1 aromatic carbocycles. The van der Waals surface area contributed by atoms with Crippen LogP contribution in [-0.2, 0) is 11.2 Å². The Labute approximate surface area is 150 Å². The first-order valence-corrected chi connectivity index (χ1v) is 8.53. The highest BCUT2D eigenvalue weighted by atomic mass is 19.1. The number of hydrogen-bond acceptors (Lipinski definition) is 4. The lowest BCUT2D eigenvalue weighted by molar-refractivity contribution is 0.0656. The zero-order chi connectivity index (χ0) is 18.7. The van der Waals surface area contributed by atoms with Gasteiger partial charge in [0.2, 0.25) is 0 Å². The number of carboxylic acid groups (broad SMARTS) is 1. The Morgan fingerprint density at radius 1 is 1.35 bits per heavy atom. The molecule has 1 aliphatic heterocycles. The molecule has 1 fully saturated rings. The second-order valence-electron chi connectivity index (χ2n) is 6.16. The highest BCUT2D eigenvalue weighted by Gasteiger charge is 2.30. The number of amides is 1. The van der Waals surface area contributed by atoms with Gasteiger partial charge in [-0.3, -0.25) is 4.79 Å². The third-order valence-corrected chi connectivity index (χ3v) is 4.44. The summed E-state index contributed by atoms with van der Waals surface area (Å²) in [6, 6.07) is 6.61. The maximum atomic E-state index is 13.2. The molecule has 1 saturated heterocycles. The van der Waals surface area contributed by atoms with Crippen LogP contribution in [-0.4, -0.2) is 29.7 Å². The Kier molecular flexibility index (Phi) is 5.37. The number of halogens is 1. The van der Waals surface area contributed by atoms with Crippen molar-refractivity contribution in [1.82, 2.24) is 5.32 Å². The van der Waals surface area contributed by atoms with E-state index in [1.54, 1.807) is 19.1 Å². The molecule has 1 aromatic heterocycles. The molecule has 26 heavy (non-hydrogen) atoms. The number of hydrogen-bond donors (Lipinski definition) is 2. The molecule has 138 valence electrons. The van der Waals surface area contributed by atoms with E-state index in [0.717, 1.165) is 12.8 Å². The summed E-state index contributed by atoms with van der Waals surface area (Å²) >= 11 is 0. The summed E-state index contributed by atoms with van der Waals surface area (Å²) < 4.78 is 24.3. The van der Waals surface area contributed by atoms with Gasteiger partial charge in [-0.2, -0.15) is 0 Å². The molecule has 6 nitrogen and oxygen atoms in total. The van der Waals surface area contributed by atoms with Gasteiger partial charge in [-0.1, -0.05) is 19.1 Å². The highest BCUT2D eigenvalue weighted by Crippen LogP contribution is 2.28. The zero-order valence-corrected chi connectivity index (χ0v) is 14.3. The molecule has 2 N–H and O–H groups in total. The van der Waals surface area contributed by atoms with Crippen LogP contribution in [0.3, 0.4) is 0 Å². The lowest BCUT2D eigenvalue weighted by Gasteiger charge is -2.24. The molecule has 1 aliphatic rings. The van der Waals surface area contributed by atoms with Gasteiger partial charge < -0.3 is 19.6 Å². The Bertz CT molecular complexity index is 793. The summed E-state index contributed by atoms with van der Waals surface area (Å²) in [5.41, 5.74) is 0.695. The molecular formula is C19H20FNO5. The van der Waals surface area contributed by atoms with Crippen LogP contribution in [0.5, 0.6) is 0 Å². The average Bonchev–Trinajstić information content (AvgIpc) is 3.30. The predicted molar refractivity (Wildman–Crippen MR) is 90.6 cm³/mol. The van der Waals surface area contributed by atoms with E-state index in [0.29, 0.717) is 18.6 Å². The van der Waals surface area contributed by atoms with Gasteiger partial charge in [0, 0.05) is 19.1 Å². The molecule has 0 radical (unpaired) electrons. The molecule has 0 aliphatic carbocycles. The Balaban J connectivity index is 1.85. The molecule has 0 bridgehead atoms. The van der Waals surface area contributed by atoms with Gasteiger partial charge in [0.15, 0.2) is 5.76 Å². The third kappa shape index (κ3) is 3.77. The summed E-state index contributed by atoms with van der Waals surface area (Å²) in [6.45, 7) is 2.35. The van der Waals surface area contributed by atoms with Crippen LogP contribution in [0.25, 0.3) is 0 Å². The van der Waals surface area contributed by atoms with Crippen LogP contribution in [0.15, 0.2) is 34.7 Å². The summed E-state index contributed by atoms with van der Waals surface area (Å²) in [4.78, 5) is 23.9. The monoisotopic (exact) mass is 361 g/mol. The molecule has 0 saturated carbocycles. The van der Waals surface area contributed by atoms with Gasteiger partial charge in [0.1, 0.15) is 17.1 Å². The minimum absolute atomic E-state index is 0.0203. The SMILES string of the molecule is CCc1oc(C(=O)NC(c2ccc(F)cc2)C2CCCO2)cc1C(=O)O. The van der Waals surface area contributed by atoms with Crippen molar-refractivity contribution in [2.45, 2.75) is 38.3 Å². The van der Waals surface area contributed by atoms with Crippen molar-refractivity contribution in [3.8, 4) is 0 Å². The maximum absolute atomic E-state index is 13.2. The lowest BCUT2D eigenvalue weighted by Crippen LogP contribution is -2.36. The number of nitrogens with one attached hydrogen (secondary N) is 1. The molecule has 0 spiro atoms. The van der Waals surface area contributed by atoms with E-state index in [4.69, 9.17) is 9.15 Å². The molecule has 2 aromatic rings. The first-order valence-electron chi connectivity index (χ1n) is 8.53. The fourth-order valence-corrected chi connectivity index (χ4v) is 3.12. The van der Waals surface area contributed by atoms with Crippen molar-refractivity contribution in [2.75, 3.05) is 6.61 Å². The van der Waals surface area contributed by atoms with Gasteiger partial charge in [-0.05, 0) is 30.5 Å². The Morgan fingerprint density at radius 2 is 2.08 bits per heavy atom. The summed E-state index contributed by atoms with van der Waals surface area (Å²) in [6.07, 6.45) is 1.77. The van der Waals surface area contributed by atoms with Crippen molar-refractivity contribution in [3.05, 3.63) is 58.8 Å². The summed E-state index contributed by atoms with van der Waals surface area (Å²) in [5, 5.41) is 12.0. The number of rotatable bonds is 6. The number of benzene rings is 1. The number of carbonyl (C=O) groups is 2.